The van der Waals surface area contributed by atoms with E-state index in [1.807, 2.05) is 0 Å². The summed E-state index contributed by atoms with van der Waals surface area (Å²) in [7, 11) is 2.90. The van der Waals surface area contributed by atoms with Gasteiger partial charge < -0.3 is 19.9 Å². The van der Waals surface area contributed by atoms with Crippen LogP contribution in [0.4, 0.5) is 11.4 Å². The summed E-state index contributed by atoms with van der Waals surface area (Å²) in [6.45, 7) is 0. The Labute approximate surface area is 169 Å². The van der Waals surface area contributed by atoms with Crippen molar-refractivity contribution in [1.82, 2.24) is 9.78 Å². The zero-order valence-corrected chi connectivity index (χ0v) is 15.9. The maximum atomic E-state index is 12.5. The zero-order valence-electron chi connectivity index (χ0n) is 15.9. The van der Waals surface area contributed by atoms with Gasteiger partial charge in [-0.05, 0) is 24.3 Å². The third-order valence-corrected chi connectivity index (χ3v) is 4.04. The zero-order chi connectivity index (χ0) is 21.8. The normalized spacial score (nSPS) is 10.3. The number of rotatable bonds is 7. The van der Waals surface area contributed by atoms with Crippen LogP contribution in [0.15, 0.2) is 48.7 Å². The van der Waals surface area contributed by atoms with E-state index in [1.54, 1.807) is 24.3 Å². The average Bonchev–Trinajstić information content (AvgIpc) is 3.10. The molecular formula is C19H16N4O7. The second-order valence-electron chi connectivity index (χ2n) is 6.04. The van der Waals surface area contributed by atoms with Gasteiger partial charge in [-0.1, -0.05) is 0 Å². The Morgan fingerprint density at radius 2 is 1.80 bits per heavy atom. The summed E-state index contributed by atoms with van der Waals surface area (Å²) < 4.78 is 11.7. The molecule has 0 aliphatic heterocycles. The number of non-ortho nitro benzene ring substituents is 1. The fourth-order valence-corrected chi connectivity index (χ4v) is 2.66. The Hall–Kier alpha value is -4.41. The van der Waals surface area contributed by atoms with Gasteiger partial charge in [-0.15, -0.1) is 0 Å². The van der Waals surface area contributed by atoms with Crippen molar-refractivity contribution in [3.05, 3.63) is 70.0 Å². The Balaban J connectivity index is 1.90. The number of amides is 1. The number of carbonyl (C=O) groups excluding carboxylic acids is 1. The highest BCUT2D eigenvalue weighted by Crippen LogP contribution is 2.31. The Kier molecular flexibility index (Phi) is 5.63. The Morgan fingerprint density at radius 1 is 1.13 bits per heavy atom. The molecule has 0 unspecified atom stereocenters. The highest BCUT2D eigenvalue weighted by Gasteiger charge is 2.22. The minimum atomic E-state index is -1.33. The number of hydrogen-bond acceptors (Lipinski definition) is 7. The molecule has 2 N–H and O–H groups in total. The topological polar surface area (TPSA) is 146 Å². The smallest absolute Gasteiger partial charge is 0.354 e. The van der Waals surface area contributed by atoms with Crippen LogP contribution in [0.1, 0.15) is 20.8 Å². The Morgan fingerprint density at radius 3 is 2.40 bits per heavy atom. The fraction of sp³-hybridized carbons (Fsp3) is 0.105. The number of nitrogens with zero attached hydrogens (tertiary/aromatic N) is 3. The molecule has 30 heavy (non-hydrogen) atoms. The first-order valence-corrected chi connectivity index (χ1v) is 8.46. The monoisotopic (exact) mass is 412 g/mol. The number of benzene rings is 2. The van der Waals surface area contributed by atoms with Gasteiger partial charge in [0.2, 0.25) is 0 Å². The second-order valence-corrected chi connectivity index (χ2v) is 6.04. The van der Waals surface area contributed by atoms with Gasteiger partial charge in [-0.3, -0.25) is 19.6 Å². The van der Waals surface area contributed by atoms with Crippen molar-refractivity contribution < 1.29 is 29.1 Å². The minimum absolute atomic E-state index is 0.0536. The second kappa shape index (κ2) is 8.31. The van der Waals surface area contributed by atoms with Crippen molar-refractivity contribution in [2.45, 2.75) is 0 Å². The van der Waals surface area contributed by atoms with Crippen LogP contribution < -0.4 is 14.8 Å². The highest BCUT2D eigenvalue weighted by atomic mass is 16.6. The van der Waals surface area contributed by atoms with Gasteiger partial charge in [-0.2, -0.15) is 5.10 Å². The third-order valence-electron chi connectivity index (χ3n) is 4.04. The van der Waals surface area contributed by atoms with Crippen molar-refractivity contribution in [2.75, 3.05) is 12.4 Å². The van der Waals surface area contributed by atoms with Gasteiger partial charge in [0.1, 0.15) is 17.2 Å². The van der Waals surface area contributed by atoms with Gasteiger partial charge >= 0.3 is 5.97 Å². The van der Waals surface area contributed by atoms with E-state index in [9.17, 15) is 24.8 Å². The summed E-state index contributed by atoms with van der Waals surface area (Å²) in [4.78, 5) is 34.5. The maximum absolute atomic E-state index is 12.5. The average molecular weight is 412 g/mol. The summed E-state index contributed by atoms with van der Waals surface area (Å²) in [6, 6.07) is 10.3. The number of carboxylic acids is 1. The lowest BCUT2D eigenvalue weighted by Gasteiger charge is -2.10. The van der Waals surface area contributed by atoms with Crippen LogP contribution in [0.2, 0.25) is 0 Å². The molecule has 0 aliphatic carbocycles. The first-order valence-electron chi connectivity index (χ1n) is 8.46. The summed E-state index contributed by atoms with van der Waals surface area (Å²) >= 11 is 0. The van der Waals surface area contributed by atoms with E-state index in [2.05, 4.69) is 10.4 Å². The quantitative estimate of drug-likeness (QED) is 0.445. The van der Waals surface area contributed by atoms with Crippen molar-refractivity contribution in [3.8, 4) is 17.2 Å². The molecule has 11 nitrogen and oxygen atoms in total. The van der Waals surface area contributed by atoms with Gasteiger partial charge in [0, 0.05) is 19.2 Å². The Bertz CT molecular complexity index is 1120. The number of carbonyl (C=O) groups is 2. The molecule has 0 bridgehead atoms. The molecule has 0 spiro atoms. The van der Waals surface area contributed by atoms with Gasteiger partial charge in [0.15, 0.2) is 5.69 Å². The number of nitro groups is 1. The molecule has 3 rings (SSSR count). The number of methoxy groups -OCH3 is 1. The third kappa shape index (κ3) is 4.35. The molecule has 1 aromatic heterocycles. The molecule has 1 amide bonds. The number of aryl methyl sites for hydroxylation is 1. The molecular weight excluding hydrogens is 396 g/mol. The number of nitro benzene ring substituents is 1. The van der Waals surface area contributed by atoms with Gasteiger partial charge in [0.05, 0.1) is 35.5 Å². The van der Waals surface area contributed by atoms with Crippen LogP contribution in [0.3, 0.4) is 0 Å². The molecule has 1 heterocycles. The predicted octanol–water partition coefficient (Wildman–Crippen LogP) is 3.08. The van der Waals surface area contributed by atoms with E-state index in [4.69, 9.17) is 9.47 Å². The highest BCUT2D eigenvalue weighted by molar-refractivity contribution is 6.10. The van der Waals surface area contributed by atoms with E-state index in [1.165, 1.54) is 26.3 Å². The van der Waals surface area contributed by atoms with E-state index in [-0.39, 0.29) is 28.4 Å². The lowest BCUT2D eigenvalue weighted by Crippen LogP contribution is -2.17. The number of aromatic carboxylic acids is 1. The first kappa shape index (κ1) is 20.3. The summed E-state index contributed by atoms with van der Waals surface area (Å²) in [5.74, 6) is -0.998. The number of carboxylic acid groups (broad SMARTS) is 1. The number of aromatic nitrogens is 2. The molecule has 3 aromatic rings. The molecule has 11 heteroatoms. The molecule has 0 atom stereocenters. The SMILES string of the molecule is COc1ccc(Oc2cc(NC(=O)c3cnn(C)c3C(=O)O)cc([N+](=O)[O-])c2)cc1. The molecule has 154 valence electrons. The molecule has 0 aliphatic rings. The van der Waals surface area contributed by atoms with Crippen LogP contribution in [0.25, 0.3) is 0 Å². The van der Waals surface area contributed by atoms with E-state index >= 15 is 0 Å². The van der Waals surface area contributed by atoms with Crippen LogP contribution in [0, 0.1) is 10.1 Å². The maximum Gasteiger partial charge on any atom is 0.354 e. The summed E-state index contributed by atoms with van der Waals surface area (Å²) in [5, 5.41) is 26.7. The lowest BCUT2D eigenvalue weighted by molar-refractivity contribution is -0.384. The van der Waals surface area contributed by atoms with Gasteiger partial charge in [-0.25, -0.2) is 4.79 Å². The molecule has 0 radical (unpaired) electrons. The largest absolute Gasteiger partial charge is 0.497 e. The van der Waals surface area contributed by atoms with Crippen molar-refractivity contribution in [2.24, 2.45) is 7.05 Å². The lowest BCUT2D eigenvalue weighted by atomic mass is 10.2. The number of hydrogen-bond donors (Lipinski definition) is 2. The predicted molar refractivity (Wildman–Crippen MR) is 104 cm³/mol. The van der Waals surface area contributed by atoms with Crippen molar-refractivity contribution in [3.63, 3.8) is 0 Å². The summed E-state index contributed by atoms with van der Waals surface area (Å²) in [5.41, 5.74) is -0.763. The molecule has 0 saturated heterocycles. The van der Waals surface area contributed by atoms with Crippen LogP contribution in [-0.2, 0) is 7.05 Å². The van der Waals surface area contributed by atoms with Crippen molar-refractivity contribution >= 4 is 23.3 Å². The van der Waals surface area contributed by atoms with Crippen LogP contribution in [-0.4, -0.2) is 38.8 Å². The fourth-order valence-electron chi connectivity index (χ4n) is 2.66. The van der Waals surface area contributed by atoms with E-state index in [0.717, 1.165) is 16.9 Å². The van der Waals surface area contributed by atoms with Crippen LogP contribution >= 0.6 is 0 Å². The number of anilines is 1. The molecule has 0 saturated carbocycles. The van der Waals surface area contributed by atoms with E-state index < -0.39 is 16.8 Å². The summed E-state index contributed by atoms with van der Waals surface area (Å²) in [6.07, 6.45) is 1.10. The first-order chi connectivity index (χ1) is 14.3. The van der Waals surface area contributed by atoms with E-state index in [0.29, 0.717) is 11.5 Å². The minimum Gasteiger partial charge on any atom is -0.497 e. The molecule has 0 fully saturated rings. The number of ether oxygens (including phenoxy) is 2. The number of nitrogens with one attached hydrogen (secondary N) is 1. The standard InChI is InChI=1S/C19H16N4O7/c1-22-17(19(25)26)16(10-20-22)18(24)21-11-7-12(23(27)28)9-15(8-11)30-14-5-3-13(29-2)4-6-14/h3-10H,1-2H3,(H,21,24)(H,25,26). The van der Waals surface area contributed by atoms with Crippen molar-refractivity contribution in [1.29, 1.82) is 0 Å². The molecule has 2 aromatic carbocycles. The van der Waals surface area contributed by atoms with Crippen LogP contribution in [0.5, 0.6) is 17.2 Å². The van der Waals surface area contributed by atoms with Gasteiger partial charge in [0.25, 0.3) is 11.6 Å².